The van der Waals surface area contributed by atoms with Crippen molar-refractivity contribution >= 4 is 29.4 Å². The van der Waals surface area contributed by atoms with Crippen LogP contribution in [0.5, 0.6) is 0 Å². The van der Waals surface area contributed by atoms with Crippen LogP contribution in [0.3, 0.4) is 0 Å². The first kappa shape index (κ1) is 19.0. The van der Waals surface area contributed by atoms with Gasteiger partial charge < -0.3 is 15.7 Å². The second-order valence-electron chi connectivity index (χ2n) is 8.10. The maximum Gasteiger partial charge on any atom is 0.277 e. The minimum Gasteiger partial charge on any atom is -0.375 e. The topological polar surface area (TPSA) is 110 Å². The molecule has 0 saturated heterocycles. The van der Waals surface area contributed by atoms with E-state index in [1.54, 1.807) is 13.8 Å². The zero-order valence-corrected chi connectivity index (χ0v) is 17.4. The summed E-state index contributed by atoms with van der Waals surface area (Å²) >= 11 is 1.41. The summed E-state index contributed by atoms with van der Waals surface area (Å²) in [6.07, 6.45) is 3.58. The van der Waals surface area contributed by atoms with Gasteiger partial charge in [-0.1, -0.05) is 23.1 Å². The van der Waals surface area contributed by atoms with E-state index in [0.717, 1.165) is 34.5 Å². The third-order valence-corrected chi connectivity index (χ3v) is 7.10. The molecule has 2 atom stereocenters. The fourth-order valence-electron chi connectivity index (χ4n) is 4.15. The number of carbonyl (C=O) groups excluding carboxylic acids is 1. The zero-order valence-electron chi connectivity index (χ0n) is 16.5. The molecule has 2 unspecified atom stereocenters. The molecule has 2 bridgehead atoms. The summed E-state index contributed by atoms with van der Waals surface area (Å²) < 4.78 is 0. The van der Waals surface area contributed by atoms with Gasteiger partial charge in [-0.2, -0.15) is 0 Å². The molecular weight excluding hydrogens is 400 g/mol. The van der Waals surface area contributed by atoms with Crippen molar-refractivity contribution in [1.29, 1.82) is 0 Å². The molecule has 0 radical (unpaired) electrons. The summed E-state index contributed by atoms with van der Waals surface area (Å²) in [7, 11) is 0. The van der Waals surface area contributed by atoms with Gasteiger partial charge in [-0.15, -0.1) is 11.3 Å². The number of thiazole rings is 1. The molecule has 152 valence electrons. The lowest BCUT2D eigenvalue weighted by Gasteiger charge is -2.33. The van der Waals surface area contributed by atoms with Gasteiger partial charge in [-0.05, 0) is 49.3 Å². The number of nitrogens with zero attached hydrogens (tertiary/aromatic N) is 3. The van der Waals surface area contributed by atoms with Gasteiger partial charge >= 0.3 is 0 Å². The number of nitrogens with two attached hydrogens (primary N) is 1. The SMILES string of the molecule is CC1=NC(C(C)(O)C#Cc2ccc3c(c2)-c2nc(C(N)=O)sc2C2CC3C2)C=NO1. The van der Waals surface area contributed by atoms with Crippen molar-refractivity contribution in [2.24, 2.45) is 15.9 Å². The Morgan fingerprint density at radius 2 is 2.17 bits per heavy atom. The van der Waals surface area contributed by atoms with Crippen molar-refractivity contribution in [3.8, 4) is 23.1 Å². The molecule has 8 heteroatoms. The quantitative estimate of drug-likeness (QED) is 0.728. The average molecular weight is 420 g/mol. The largest absolute Gasteiger partial charge is 0.375 e. The normalized spacial score (nSPS) is 25.2. The van der Waals surface area contributed by atoms with Crippen molar-refractivity contribution in [1.82, 2.24) is 4.98 Å². The molecule has 1 amide bonds. The molecule has 1 aromatic heterocycles. The Labute approximate surface area is 177 Å². The lowest BCUT2D eigenvalue weighted by atomic mass is 9.72. The van der Waals surface area contributed by atoms with Crippen molar-refractivity contribution in [2.45, 2.75) is 50.2 Å². The summed E-state index contributed by atoms with van der Waals surface area (Å²) in [5, 5.41) is 14.9. The fraction of sp³-hybridized carbons (Fsp3) is 0.364. The van der Waals surface area contributed by atoms with Gasteiger partial charge in [0.2, 0.25) is 5.90 Å². The molecule has 1 aromatic carbocycles. The number of hydrogen-bond acceptors (Lipinski definition) is 7. The highest BCUT2D eigenvalue weighted by Gasteiger charge is 2.40. The molecule has 6 rings (SSSR count). The Hall–Kier alpha value is -3.02. The van der Waals surface area contributed by atoms with E-state index in [1.807, 2.05) is 12.1 Å². The number of aliphatic hydroxyl groups is 1. The van der Waals surface area contributed by atoms with Crippen LogP contribution in [0.25, 0.3) is 11.3 Å². The standard InChI is InChI=1S/C22H20N4O3S/c1-11-25-17(10-24-29-11)22(2,28)6-5-12-3-4-15-13-8-14(9-13)19-18(16(15)7-12)26-21(30-19)20(23)27/h3-4,7,10,13-14,17,28H,8-9H2,1-2H3,(H2,23,27). The van der Waals surface area contributed by atoms with Crippen LogP contribution in [0.4, 0.5) is 0 Å². The number of primary amides is 1. The third-order valence-electron chi connectivity index (χ3n) is 5.86. The van der Waals surface area contributed by atoms with Crippen LogP contribution in [0, 0.1) is 11.8 Å². The number of aliphatic imine (C=N–C) groups is 1. The van der Waals surface area contributed by atoms with Gasteiger partial charge in [-0.25, -0.2) is 9.98 Å². The molecule has 3 N–H and O–H groups in total. The Morgan fingerprint density at radius 3 is 2.90 bits per heavy atom. The molecule has 30 heavy (non-hydrogen) atoms. The number of oxime groups is 1. The summed E-state index contributed by atoms with van der Waals surface area (Å²) in [5.74, 6) is 6.82. The summed E-state index contributed by atoms with van der Waals surface area (Å²) in [6.45, 7) is 3.28. The van der Waals surface area contributed by atoms with E-state index in [9.17, 15) is 9.90 Å². The number of rotatable bonds is 2. The molecule has 1 fully saturated rings. The summed E-state index contributed by atoms with van der Waals surface area (Å²) in [4.78, 5) is 26.6. The van der Waals surface area contributed by atoms with Gasteiger partial charge in [0.25, 0.3) is 5.91 Å². The lowest BCUT2D eigenvalue weighted by Crippen LogP contribution is -2.39. The van der Waals surface area contributed by atoms with Crippen LogP contribution in [0.15, 0.2) is 28.3 Å². The number of benzene rings is 1. The Morgan fingerprint density at radius 1 is 1.37 bits per heavy atom. The Balaban J connectivity index is 1.53. The first-order valence-electron chi connectivity index (χ1n) is 9.77. The smallest absolute Gasteiger partial charge is 0.277 e. The molecule has 2 aromatic rings. The van der Waals surface area contributed by atoms with Crippen LogP contribution in [-0.4, -0.2) is 39.8 Å². The van der Waals surface area contributed by atoms with Crippen LogP contribution < -0.4 is 5.73 Å². The highest BCUT2D eigenvalue weighted by Crippen LogP contribution is 2.56. The van der Waals surface area contributed by atoms with E-state index < -0.39 is 17.6 Å². The molecule has 4 aliphatic rings. The molecule has 3 aliphatic carbocycles. The molecule has 7 nitrogen and oxygen atoms in total. The number of carbonyl (C=O) groups is 1. The van der Waals surface area contributed by atoms with Gasteiger partial charge in [0.15, 0.2) is 10.6 Å². The van der Waals surface area contributed by atoms with E-state index in [4.69, 9.17) is 10.6 Å². The second kappa shape index (κ2) is 6.76. The molecule has 1 aliphatic heterocycles. The predicted molar refractivity (Wildman–Crippen MR) is 115 cm³/mol. The minimum atomic E-state index is -1.39. The van der Waals surface area contributed by atoms with Crippen molar-refractivity contribution in [3.63, 3.8) is 0 Å². The van der Waals surface area contributed by atoms with Crippen molar-refractivity contribution in [3.05, 3.63) is 39.2 Å². The van der Waals surface area contributed by atoms with Gasteiger partial charge in [0, 0.05) is 22.9 Å². The monoisotopic (exact) mass is 420 g/mol. The van der Waals surface area contributed by atoms with E-state index in [-0.39, 0.29) is 0 Å². The Bertz CT molecular complexity index is 1180. The van der Waals surface area contributed by atoms with Gasteiger partial charge in [-0.3, -0.25) is 4.79 Å². The number of aromatic nitrogens is 1. The second-order valence-corrected chi connectivity index (χ2v) is 9.13. The molecule has 2 heterocycles. The molecule has 1 saturated carbocycles. The van der Waals surface area contributed by atoms with Crippen LogP contribution in [0.1, 0.15) is 64.3 Å². The van der Waals surface area contributed by atoms with Crippen LogP contribution in [-0.2, 0) is 4.84 Å². The van der Waals surface area contributed by atoms with Crippen LogP contribution in [0.2, 0.25) is 0 Å². The highest BCUT2D eigenvalue weighted by atomic mass is 32.1. The minimum absolute atomic E-state index is 0.350. The van der Waals surface area contributed by atoms with E-state index in [1.165, 1.54) is 23.1 Å². The number of hydrogen-bond donors (Lipinski definition) is 2. The summed E-state index contributed by atoms with van der Waals surface area (Å²) in [5.41, 5.74) is 7.94. The van der Waals surface area contributed by atoms with Gasteiger partial charge in [0.05, 0.1) is 11.9 Å². The van der Waals surface area contributed by atoms with Crippen molar-refractivity contribution in [2.75, 3.05) is 0 Å². The Kier molecular flexibility index (Phi) is 4.27. The molecular formula is C22H20N4O3S. The van der Waals surface area contributed by atoms with E-state index in [0.29, 0.717) is 22.7 Å². The van der Waals surface area contributed by atoms with Gasteiger partial charge in [0.1, 0.15) is 6.04 Å². The maximum absolute atomic E-state index is 11.7. The highest BCUT2D eigenvalue weighted by molar-refractivity contribution is 7.14. The maximum atomic E-state index is 11.7. The predicted octanol–water partition coefficient (Wildman–Crippen LogP) is 2.79. The third kappa shape index (κ3) is 3.11. The molecule has 0 spiro atoms. The first-order chi connectivity index (χ1) is 14.3. The van der Waals surface area contributed by atoms with Crippen molar-refractivity contribution < 1.29 is 14.7 Å². The van der Waals surface area contributed by atoms with E-state index in [2.05, 4.69) is 33.0 Å². The van der Waals surface area contributed by atoms with E-state index >= 15 is 0 Å². The summed E-state index contributed by atoms with van der Waals surface area (Å²) in [6, 6.07) is 5.45. The van der Waals surface area contributed by atoms with Crippen LogP contribution >= 0.6 is 11.3 Å². The average Bonchev–Trinajstić information content (AvgIpc) is 3.02. The zero-order chi connectivity index (χ0) is 21.0. The lowest BCUT2D eigenvalue weighted by molar-refractivity contribution is 0.0999. The fourth-order valence-corrected chi connectivity index (χ4v) is 5.21. The first-order valence-corrected chi connectivity index (χ1v) is 10.6. The number of amides is 1.